The second-order valence-corrected chi connectivity index (χ2v) is 6.44. The van der Waals surface area contributed by atoms with E-state index in [0.29, 0.717) is 17.7 Å². The van der Waals surface area contributed by atoms with E-state index >= 15 is 0 Å². The summed E-state index contributed by atoms with van der Waals surface area (Å²) in [5.74, 6) is 1.82. The molecule has 2 nitrogen and oxygen atoms in total. The lowest BCUT2D eigenvalue weighted by Crippen LogP contribution is -2.31. The van der Waals surface area contributed by atoms with Gasteiger partial charge in [0.05, 0.1) is 0 Å². The summed E-state index contributed by atoms with van der Waals surface area (Å²) >= 11 is 9.40. The van der Waals surface area contributed by atoms with Crippen LogP contribution in [0.3, 0.4) is 0 Å². The zero-order valence-corrected chi connectivity index (χ0v) is 13.4. The number of hydrogen-bond acceptors (Lipinski definition) is 1. The van der Waals surface area contributed by atoms with Crippen LogP contribution in [0.25, 0.3) is 0 Å². The smallest absolute Gasteiger partial charge is 0.251 e. The van der Waals surface area contributed by atoms with Crippen LogP contribution in [0.4, 0.5) is 0 Å². The molecule has 0 saturated heterocycles. The second kappa shape index (κ2) is 6.76. The van der Waals surface area contributed by atoms with Crippen molar-refractivity contribution in [1.29, 1.82) is 0 Å². The highest BCUT2D eigenvalue weighted by atomic mass is 79.9. The minimum atomic E-state index is 0.0100. The number of aryl methyl sites for hydroxylation is 1. The first-order valence-electron chi connectivity index (χ1n) is 6.72. The van der Waals surface area contributed by atoms with Crippen LogP contribution in [0.5, 0.6) is 0 Å². The number of nitrogens with one attached hydrogen (secondary N) is 1. The van der Waals surface area contributed by atoms with E-state index in [-0.39, 0.29) is 5.91 Å². The Morgan fingerprint density at radius 2 is 2.16 bits per heavy atom. The molecule has 0 aromatic heterocycles. The van der Waals surface area contributed by atoms with Crippen molar-refractivity contribution in [2.75, 3.05) is 12.4 Å². The SMILES string of the molecule is Cc1cc(C(=O)NCC2CCCC2CCl)ccc1Br. The minimum Gasteiger partial charge on any atom is -0.352 e. The molecule has 1 fully saturated rings. The van der Waals surface area contributed by atoms with Gasteiger partial charge < -0.3 is 5.32 Å². The van der Waals surface area contributed by atoms with Gasteiger partial charge in [0, 0.05) is 22.5 Å². The van der Waals surface area contributed by atoms with Crippen molar-refractivity contribution in [3.8, 4) is 0 Å². The van der Waals surface area contributed by atoms with Crippen LogP contribution in [0, 0.1) is 18.8 Å². The standard InChI is InChI=1S/C15H19BrClNO/c1-10-7-11(5-6-14(10)16)15(19)18-9-13-4-2-3-12(13)8-17/h5-7,12-13H,2-4,8-9H2,1H3,(H,18,19). The van der Waals surface area contributed by atoms with Crippen LogP contribution in [0.2, 0.25) is 0 Å². The predicted octanol–water partition coefficient (Wildman–Crippen LogP) is 4.14. The maximum absolute atomic E-state index is 12.1. The van der Waals surface area contributed by atoms with Crippen molar-refractivity contribution < 1.29 is 4.79 Å². The van der Waals surface area contributed by atoms with E-state index < -0.39 is 0 Å². The Balaban J connectivity index is 1.92. The van der Waals surface area contributed by atoms with Gasteiger partial charge in [-0.1, -0.05) is 22.4 Å². The number of carbonyl (C=O) groups excluding carboxylic acids is 1. The highest BCUT2D eigenvalue weighted by Crippen LogP contribution is 2.32. The molecule has 0 heterocycles. The Labute approximate surface area is 128 Å². The quantitative estimate of drug-likeness (QED) is 0.817. The summed E-state index contributed by atoms with van der Waals surface area (Å²) < 4.78 is 1.03. The average molecular weight is 345 g/mol. The highest BCUT2D eigenvalue weighted by Gasteiger charge is 2.26. The molecule has 1 aromatic rings. The maximum atomic E-state index is 12.1. The Hall–Kier alpha value is -0.540. The molecule has 1 aliphatic carbocycles. The van der Waals surface area contributed by atoms with Gasteiger partial charge in [-0.2, -0.15) is 0 Å². The summed E-state index contributed by atoms with van der Waals surface area (Å²) in [6.07, 6.45) is 3.60. The van der Waals surface area contributed by atoms with Crippen LogP contribution in [0.1, 0.15) is 35.2 Å². The molecule has 2 unspecified atom stereocenters. The highest BCUT2D eigenvalue weighted by molar-refractivity contribution is 9.10. The second-order valence-electron chi connectivity index (χ2n) is 5.28. The fourth-order valence-electron chi connectivity index (χ4n) is 2.70. The van der Waals surface area contributed by atoms with Crippen LogP contribution >= 0.6 is 27.5 Å². The molecule has 1 amide bonds. The van der Waals surface area contributed by atoms with Gasteiger partial charge in [-0.15, -0.1) is 11.6 Å². The molecular weight excluding hydrogens is 326 g/mol. The molecular formula is C15H19BrClNO. The van der Waals surface area contributed by atoms with E-state index in [9.17, 15) is 4.79 Å². The van der Waals surface area contributed by atoms with E-state index in [4.69, 9.17) is 11.6 Å². The van der Waals surface area contributed by atoms with Gasteiger partial charge in [0.25, 0.3) is 5.91 Å². The van der Waals surface area contributed by atoms with Crippen molar-refractivity contribution in [2.24, 2.45) is 11.8 Å². The van der Waals surface area contributed by atoms with Gasteiger partial charge in [0.2, 0.25) is 0 Å². The molecule has 2 atom stereocenters. The van der Waals surface area contributed by atoms with Gasteiger partial charge in [-0.25, -0.2) is 0 Å². The Morgan fingerprint density at radius 3 is 2.84 bits per heavy atom. The molecule has 1 aliphatic rings. The first-order chi connectivity index (χ1) is 9.11. The number of alkyl halides is 1. The maximum Gasteiger partial charge on any atom is 0.251 e. The van der Waals surface area contributed by atoms with Gasteiger partial charge in [-0.05, 0) is 55.4 Å². The third kappa shape index (κ3) is 3.73. The summed E-state index contributed by atoms with van der Waals surface area (Å²) in [7, 11) is 0. The van der Waals surface area contributed by atoms with Crippen molar-refractivity contribution in [2.45, 2.75) is 26.2 Å². The van der Waals surface area contributed by atoms with Gasteiger partial charge in [0.15, 0.2) is 0 Å². The molecule has 0 bridgehead atoms. The fourth-order valence-corrected chi connectivity index (χ4v) is 3.35. The summed E-state index contributed by atoms with van der Waals surface area (Å²) in [6.45, 7) is 2.73. The summed E-state index contributed by atoms with van der Waals surface area (Å²) in [5.41, 5.74) is 1.80. The molecule has 0 spiro atoms. The number of rotatable bonds is 4. The topological polar surface area (TPSA) is 29.1 Å². The zero-order valence-electron chi connectivity index (χ0n) is 11.1. The molecule has 2 rings (SSSR count). The van der Waals surface area contributed by atoms with E-state index in [0.717, 1.165) is 22.1 Å². The fraction of sp³-hybridized carbons (Fsp3) is 0.533. The summed E-state index contributed by atoms with van der Waals surface area (Å²) in [5, 5.41) is 3.04. The van der Waals surface area contributed by atoms with Crippen LogP contribution < -0.4 is 5.32 Å². The minimum absolute atomic E-state index is 0.0100. The number of benzene rings is 1. The third-order valence-electron chi connectivity index (χ3n) is 3.96. The van der Waals surface area contributed by atoms with Crippen LogP contribution in [-0.2, 0) is 0 Å². The van der Waals surface area contributed by atoms with E-state index in [1.165, 1.54) is 19.3 Å². The molecule has 104 valence electrons. The zero-order chi connectivity index (χ0) is 13.8. The predicted molar refractivity (Wildman–Crippen MR) is 82.8 cm³/mol. The van der Waals surface area contributed by atoms with E-state index in [2.05, 4.69) is 21.2 Å². The van der Waals surface area contributed by atoms with Gasteiger partial charge in [0.1, 0.15) is 0 Å². The lowest BCUT2D eigenvalue weighted by molar-refractivity contribution is 0.0944. The normalized spacial score (nSPS) is 22.5. The molecule has 1 saturated carbocycles. The van der Waals surface area contributed by atoms with Crippen molar-refractivity contribution in [3.63, 3.8) is 0 Å². The molecule has 4 heteroatoms. The van der Waals surface area contributed by atoms with E-state index in [1.807, 2.05) is 25.1 Å². The van der Waals surface area contributed by atoms with Crippen molar-refractivity contribution in [1.82, 2.24) is 5.32 Å². The number of amides is 1. The lowest BCUT2D eigenvalue weighted by Gasteiger charge is -2.17. The van der Waals surface area contributed by atoms with Crippen molar-refractivity contribution >= 4 is 33.4 Å². The van der Waals surface area contributed by atoms with Crippen LogP contribution in [0.15, 0.2) is 22.7 Å². The Bertz CT molecular complexity index is 463. The number of hydrogen-bond donors (Lipinski definition) is 1. The molecule has 0 aliphatic heterocycles. The van der Waals surface area contributed by atoms with Crippen LogP contribution in [-0.4, -0.2) is 18.3 Å². The molecule has 19 heavy (non-hydrogen) atoms. The average Bonchev–Trinajstić information content (AvgIpc) is 2.86. The van der Waals surface area contributed by atoms with Gasteiger partial charge in [-0.3, -0.25) is 4.79 Å². The van der Waals surface area contributed by atoms with Crippen molar-refractivity contribution in [3.05, 3.63) is 33.8 Å². The third-order valence-corrected chi connectivity index (χ3v) is 5.25. The lowest BCUT2D eigenvalue weighted by atomic mass is 9.98. The molecule has 1 aromatic carbocycles. The Morgan fingerprint density at radius 1 is 1.42 bits per heavy atom. The first kappa shape index (κ1) is 14.9. The molecule has 0 radical (unpaired) electrons. The summed E-state index contributed by atoms with van der Waals surface area (Å²) in [6, 6.07) is 5.68. The number of carbonyl (C=O) groups is 1. The Kier molecular flexibility index (Phi) is 5.28. The number of halogens is 2. The van der Waals surface area contributed by atoms with E-state index in [1.54, 1.807) is 0 Å². The summed E-state index contributed by atoms with van der Waals surface area (Å²) in [4.78, 5) is 12.1. The van der Waals surface area contributed by atoms with Gasteiger partial charge >= 0.3 is 0 Å². The first-order valence-corrected chi connectivity index (χ1v) is 8.05. The largest absolute Gasteiger partial charge is 0.352 e. The molecule has 1 N–H and O–H groups in total. The monoisotopic (exact) mass is 343 g/mol.